The number of hydrogen-bond acceptors (Lipinski definition) is 3. The lowest BCUT2D eigenvalue weighted by Crippen LogP contribution is -2.19. The molecular weight excluding hydrogens is 367 g/mol. The Morgan fingerprint density at radius 3 is 2.64 bits per heavy atom. The van der Waals surface area contributed by atoms with Crippen molar-refractivity contribution >= 4 is 0 Å². The van der Waals surface area contributed by atoms with Crippen LogP contribution in [0.1, 0.15) is 51.2 Å². The molecule has 0 spiro atoms. The Balaban J connectivity index is 2.26. The normalized spacial score (nSPS) is 12.2. The molecule has 7 heteroatoms. The number of alkyl halides is 3. The fraction of sp³-hybridized carbons (Fsp3) is 0.571. The van der Waals surface area contributed by atoms with E-state index in [4.69, 9.17) is 4.74 Å². The molecule has 0 aliphatic heterocycles. The minimum absolute atomic E-state index is 0.127. The summed E-state index contributed by atoms with van der Waals surface area (Å²) in [4.78, 5) is 2.14. The van der Waals surface area contributed by atoms with E-state index >= 15 is 0 Å². The molecule has 0 aliphatic rings. The third kappa shape index (κ3) is 6.26. The minimum atomic E-state index is -4.48. The monoisotopic (exact) mass is 397 g/mol. The molecule has 1 heterocycles. The van der Waals surface area contributed by atoms with E-state index in [0.29, 0.717) is 30.1 Å². The van der Waals surface area contributed by atoms with Crippen molar-refractivity contribution in [3.8, 4) is 17.0 Å². The molecular formula is C21H30F3N3O. The quantitative estimate of drug-likeness (QED) is 0.555. The van der Waals surface area contributed by atoms with Crippen LogP contribution < -0.4 is 4.74 Å². The van der Waals surface area contributed by atoms with Crippen LogP contribution in [0.5, 0.6) is 5.75 Å². The summed E-state index contributed by atoms with van der Waals surface area (Å²) in [6.45, 7) is 7.96. The fourth-order valence-corrected chi connectivity index (χ4v) is 2.92. The van der Waals surface area contributed by atoms with Crippen molar-refractivity contribution in [2.75, 3.05) is 20.2 Å². The van der Waals surface area contributed by atoms with Crippen molar-refractivity contribution in [2.24, 2.45) is 5.92 Å². The molecule has 2 rings (SSSR count). The number of nitrogens with one attached hydrogen (secondary N) is 1. The maximum atomic E-state index is 13.6. The second-order valence-corrected chi connectivity index (χ2v) is 7.60. The Labute approximate surface area is 165 Å². The van der Waals surface area contributed by atoms with E-state index in [0.717, 1.165) is 31.0 Å². The summed E-state index contributed by atoms with van der Waals surface area (Å²) < 4.78 is 46.2. The van der Waals surface area contributed by atoms with Gasteiger partial charge >= 0.3 is 6.18 Å². The second kappa shape index (κ2) is 9.96. The predicted molar refractivity (Wildman–Crippen MR) is 105 cm³/mol. The first-order valence-corrected chi connectivity index (χ1v) is 9.77. The summed E-state index contributed by atoms with van der Waals surface area (Å²) in [6.07, 6.45) is 0.0628. The van der Waals surface area contributed by atoms with Crippen molar-refractivity contribution in [3.05, 3.63) is 35.5 Å². The first kappa shape index (κ1) is 22.3. The van der Waals surface area contributed by atoms with Crippen LogP contribution in [0.2, 0.25) is 0 Å². The number of unbranched alkanes of at least 4 members (excludes halogenated alkanes) is 1. The van der Waals surface area contributed by atoms with Crippen molar-refractivity contribution < 1.29 is 17.9 Å². The molecule has 0 radical (unpaired) electrons. The SMILES string of the molecule is CCCCN(C)Cc1cn[nH]c1-c1ccc(OCCC(C)C)c(C(F)(F)F)c1. The van der Waals surface area contributed by atoms with Crippen molar-refractivity contribution in [2.45, 2.75) is 52.8 Å². The number of rotatable bonds is 10. The molecule has 4 nitrogen and oxygen atoms in total. The zero-order valence-corrected chi connectivity index (χ0v) is 17.1. The molecule has 28 heavy (non-hydrogen) atoms. The van der Waals surface area contributed by atoms with Gasteiger partial charge in [0.2, 0.25) is 0 Å². The fourth-order valence-electron chi connectivity index (χ4n) is 2.92. The van der Waals surface area contributed by atoms with Crippen LogP contribution in [0.15, 0.2) is 24.4 Å². The van der Waals surface area contributed by atoms with E-state index in [9.17, 15) is 13.2 Å². The van der Waals surface area contributed by atoms with E-state index in [1.54, 1.807) is 12.3 Å². The summed E-state index contributed by atoms with van der Waals surface area (Å²) in [5, 5.41) is 6.91. The van der Waals surface area contributed by atoms with Gasteiger partial charge in [-0.2, -0.15) is 18.3 Å². The Hall–Kier alpha value is -2.02. The number of benzene rings is 1. The van der Waals surface area contributed by atoms with Crippen LogP contribution in [0.3, 0.4) is 0 Å². The third-order valence-electron chi connectivity index (χ3n) is 4.58. The molecule has 2 aromatic rings. The summed E-state index contributed by atoms with van der Waals surface area (Å²) >= 11 is 0. The van der Waals surface area contributed by atoms with Crippen LogP contribution >= 0.6 is 0 Å². The van der Waals surface area contributed by atoms with Gasteiger partial charge in [-0.1, -0.05) is 27.2 Å². The van der Waals surface area contributed by atoms with E-state index < -0.39 is 11.7 Å². The summed E-state index contributed by atoms with van der Waals surface area (Å²) in [5.41, 5.74) is 1.19. The number of aromatic amines is 1. The van der Waals surface area contributed by atoms with Crippen LogP contribution in [0, 0.1) is 5.92 Å². The average molecular weight is 397 g/mol. The molecule has 1 aromatic carbocycles. The lowest BCUT2D eigenvalue weighted by molar-refractivity contribution is -0.138. The second-order valence-electron chi connectivity index (χ2n) is 7.60. The minimum Gasteiger partial charge on any atom is -0.493 e. The van der Waals surface area contributed by atoms with E-state index in [1.165, 1.54) is 6.07 Å². The average Bonchev–Trinajstić information content (AvgIpc) is 3.07. The molecule has 0 aliphatic carbocycles. The Morgan fingerprint density at radius 2 is 2.00 bits per heavy atom. The summed E-state index contributed by atoms with van der Waals surface area (Å²) in [7, 11) is 2.00. The highest BCUT2D eigenvalue weighted by Crippen LogP contribution is 2.39. The van der Waals surface area contributed by atoms with Gasteiger partial charge in [0.25, 0.3) is 0 Å². The van der Waals surface area contributed by atoms with Crippen LogP contribution in [0.25, 0.3) is 11.3 Å². The van der Waals surface area contributed by atoms with Gasteiger partial charge in [0.1, 0.15) is 5.75 Å². The molecule has 0 saturated carbocycles. The van der Waals surface area contributed by atoms with E-state index in [1.807, 2.05) is 20.9 Å². The molecule has 0 bridgehead atoms. The Kier molecular flexibility index (Phi) is 7.92. The zero-order chi connectivity index (χ0) is 20.7. The number of halogens is 3. The van der Waals surface area contributed by atoms with Crippen molar-refractivity contribution in [1.82, 2.24) is 15.1 Å². The Bertz CT molecular complexity index is 741. The summed E-state index contributed by atoms with van der Waals surface area (Å²) in [5.74, 6) is 0.240. The molecule has 0 unspecified atom stereocenters. The summed E-state index contributed by atoms with van der Waals surface area (Å²) in [6, 6.07) is 4.21. The number of hydrogen-bond donors (Lipinski definition) is 1. The van der Waals surface area contributed by atoms with Gasteiger partial charge in [0.05, 0.1) is 24.1 Å². The van der Waals surface area contributed by atoms with Gasteiger partial charge in [-0.05, 0) is 50.6 Å². The van der Waals surface area contributed by atoms with Gasteiger partial charge in [-0.3, -0.25) is 5.10 Å². The smallest absolute Gasteiger partial charge is 0.419 e. The molecule has 1 N–H and O–H groups in total. The lowest BCUT2D eigenvalue weighted by atomic mass is 10.0. The molecule has 0 fully saturated rings. The predicted octanol–water partition coefficient (Wildman–Crippen LogP) is 5.75. The molecule has 156 valence electrons. The van der Waals surface area contributed by atoms with E-state index in [2.05, 4.69) is 22.0 Å². The number of ether oxygens (including phenoxy) is 1. The topological polar surface area (TPSA) is 41.2 Å². The maximum absolute atomic E-state index is 13.6. The lowest BCUT2D eigenvalue weighted by Gasteiger charge is -2.18. The molecule has 1 aromatic heterocycles. The third-order valence-corrected chi connectivity index (χ3v) is 4.58. The standard InChI is InChI=1S/C21H30F3N3O/c1-5-6-10-27(4)14-17-13-25-26-20(17)16-7-8-19(28-11-9-15(2)3)18(12-16)21(22,23)24/h7-8,12-13,15H,5-6,9-11,14H2,1-4H3,(H,25,26). The maximum Gasteiger partial charge on any atom is 0.419 e. The number of nitrogens with zero attached hydrogens (tertiary/aromatic N) is 2. The van der Waals surface area contributed by atoms with Gasteiger partial charge in [-0.25, -0.2) is 0 Å². The molecule has 0 saturated heterocycles. The number of H-pyrrole nitrogens is 1. The highest BCUT2D eigenvalue weighted by atomic mass is 19.4. The van der Waals surface area contributed by atoms with E-state index in [-0.39, 0.29) is 12.4 Å². The first-order valence-electron chi connectivity index (χ1n) is 9.77. The first-order chi connectivity index (χ1) is 13.2. The number of aromatic nitrogens is 2. The zero-order valence-electron chi connectivity index (χ0n) is 17.1. The highest BCUT2D eigenvalue weighted by molar-refractivity contribution is 5.65. The van der Waals surface area contributed by atoms with Crippen LogP contribution in [0.4, 0.5) is 13.2 Å². The van der Waals surface area contributed by atoms with Crippen LogP contribution in [-0.4, -0.2) is 35.3 Å². The molecule has 0 amide bonds. The van der Waals surface area contributed by atoms with Crippen molar-refractivity contribution in [3.63, 3.8) is 0 Å². The van der Waals surface area contributed by atoms with Gasteiger partial charge in [0, 0.05) is 17.7 Å². The van der Waals surface area contributed by atoms with Gasteiger partial charge in [-0.15, -0.1) is 0 Å². The van der Waals surface area contributed by atoms with Gasteiger partial charge in [0.15, 0.2) is 0 Å². The Morgan fingerprint density at radius 1 is 1.25 bits per heavy atom. The van der Waals surface area contributed by atoms with Crippen LogP contribution in [-0.2, 0) is 12.7 Å². The molecule has 0 atom stereocenters. The van der Waals surface area contributed by atoms with Crippen molar-refractivity contribution in [1.29, 1.82) is 0 Å². The highest BCUT2D eigenvalue weighted by Gasteiger charge is 2.35. The van der Waals surface area contributed by atoms with Gasteiger partial charge < -0.3 is 9.64 Å². The largest absolute Gasteiger partial charge is 0.493 e.